The average Bonchev–Trinajstić information content (AvgIpc) is 2.39. The molecular weight excluding hydrogens is 313 g/mol. The number of benzene rings is 1. The summed E-state index contributed by atoms with van der Waals surface area (Å²) < 4.78 is 12.4. The SMILES string of the molecule is N#CC1(Br)CC=C(c2cccc(F)c2)C(O)(CO)C1. The fourth-order valence-corrected chi connectivity index (χ4v) is 2.98. The number of nitriles is 1. The van der Waals surface area contributed by atoms with E-state index in [1.54, 1.807) is 18.2 Å². The molecule has 0 saturated heterocycles. The van der Waals surface area contributed by atoms with Gasteiger partial charge in [0.2, 0.25) is 0 Å². The number of aliphatic hydroxyl groups is 2. The van der Waals surface area contributed by atoms with Crippen molar-refractivity contribution in [1.29, 1.82) is 5.26 Å². The Bertz CT molecular complexity index is 569. The zero-order valence-electron chi connectivity index (χ0n) is 10.1. The first-order valence-corrected chi connectivity index (χ1v) is 6.62. The van der Waals surface area contributed by atoms with Gasteiger partial charge in [-0.15, -0.1) is 0 Å². The van der Waals surface area contributed by atoms with Gasteiger partial charge in [0, 0.05) is 6.42 Å². The van der Waals surface area contributed by atoms with Crippen LogP contribution in [0.25, 0.3) is 5.57 Å². The standard InChI is InChI=1S/C14H13BrFNO2/c15-13(8-17)5-4-12(14(19,7-13)9-18)10-2-1-3-11(16)6-10/h1-4,6,18-19H,5,7,9H2. The second-order valence-electron chi connectivity index (χ2n) is 4.78. The number of allylic oxidation sites excluding steroid dienone is 1. The Hall–Kier alpha value is -1.22. The fourth-order valence-electron chi connectivity index (χ4n) is 2.35. The molecule has 100 valence electrons. The maximum Gasteiger partial charge on any atom is 0.123 e. The molecule has 0 bridgehead atoms. The number of aliphatic hydroxyl groups excluding tert-OH is 1. The van der Waals surface area contributed by atoms with E-state index in [-0.39, 0.29) is 6.42 Å². The second-order valence-corrected chi connectivity index (χ2v) is 6.29. The lowest BCUT2D eigenvalue weighted by Crippen LogP contribution is -2.44. The van der Waals surface area contributed by atoms with Gasteiger partial charge in [0.25, 0.3) is 0 Å². The Morgan fingerprint density at radius 2 is 2.21 bits per heavy atom. The van der Waals surface area contributed by atoms with Crippen LogP contribution >= 0.6 is 15.9 Å². The minimum absolute atomic E-state index is 0.0509. The van der Waals surface area contributed by atoms with Crippen molar-refractivity contribution in [2.45, 2.75) is 22.8 Å². The zero-order chi connectivity index (χ0) is 14.1. The van der Waals surface area contributed by atoms with Gasteiger partial charge < -0.3 is 10.2 Å². The molecule has 0 saturated carbocycles. The van der Waals surface area contributed by atoms with Crippen LogP contribution in [-0.4, -0.2) is 26.7 Å². The predicted octanol–water partition coefficient (Wildman–Crippen LogP) is 2.38. The number of halogens is 2. The zero-order valence-corrected chi connectivity index (χ0v) is 11.7. The summed E-state index contributed by atoms with van der Waals surface area (Å²) in [6.45, 7) is -0.523. The molecule has 1 aliphatic rings. The minimum Gasteiger partial charge on any atom is -0.393 e. The van der Waals surface area contributed by atoms with Gasteiger partial charge in [0.1, 0.15) is 15.7 Å². The van der Waals surface area contributed by atoms with Gasteiger partial charge in [-0.05, 0) is 29.7 Å². The number of rotatable bonds is 2. The van der Waals surface area contributed by atoms with Crippen molar-refractivity contribution in [3.05, 3.63) is 41.7 Å². The molecule has 0 radical (unpaired) electrons. The summed E-state index contributed by atoms with van der Waals surface area (Å²) in [4.78, 5) is 0. The minimum atomic E-state index is -1.55. The number of hydrogen-bond acceptors (Lipinski definition) is 3. The molecule has 1 aliphatic carbocycles. The molecule has 2 rings (SSSR count). The molecule has 3 nitrogen and oxygen atoms in total. The summed E-state index contributed by atoms with van der Waals surface area (Å²) in [5.41, 5.74) is -0.575. The first-order chi connectivity index (χ1) is 8.92. The Balaban J connectivity index is 2.48. The number of nitrogens with zero attached hydrogens (tertiary/aromatic N) is 1. The Morgan fingerprint density at radius 1 is 1.47 bits per heavy atom. The van der Waals surface area contributed by atoms with Crippen LogP contribution in [0.2, 0.25) is 0 Å². The van der Waals surface area contributed by atoms with Crippen molar-refractivity contribution in [2.24, 2.45) is 0 Å². The summed E-state index contributed by atoms with van der Waals surface area (Å²) in [6.07, 6.45) is 2.11. The third-order valence-corrected chi connectivity index (χ3v) is 4.08. The van der Waals surface area contributed by atoms with Gasteiger partial charge in [0.05, 0.1) is 12.7 Å². The summed E-state index contributed by atoms with van der Waals surface area (Å²) in [6, 6.07) is 7.92. The lowest BCUT2D eigenvalue weighted by Gasteiger charge is -2.38. The molecule has 2 N–H and O–H groups in total. The van der Waals surface area contributed by atoms with Gasteiger partial charge >= 0.3 is 0 Å². The van der Waals surface area contributed by atoms with Crippen LogP contribution < -0.4 is 0 Å². The van der Waals surface area contributed by atoms with Gasteiger partial charge in [-0.3, -0.25) is 0 Å². The Kier molecular flexibility index (Phi) is 3.77. The van der Waals surface area contributed by atoms with Crippen LogP contribution in [0.5, 0.6) is 0 Å². The number of hydrogen-bond donors (Lipinski definition) is 2. The third kappa shape index (κ3) is 2.71. The average molecular weight is 326 g/mol. The molecule has 2 unspecified atom stereocenters. The molecule has 1 aromatic rings. The smallest absolute Gasteiger partial charge is 0.123 e. The van der Waals surface area contributed by atoms with Crippen molar-refractivity contribution in [3.8, 4) is 6.07 Å². The van der Waals surface area contributed by atoms with Crippen molar-refractivity contribution in [3.63, 3.8) is 0 Å². The summed E-state index contributed by atoms with van der Waals surface area (Å²) in [7, 11) is 0. The van der Waals surface area contributed by atoms with Crippen molar-refractivity contribution < 1.29 is 14.6 Å². The highest BCUT2D eigenvalue weighted by Gasteiger charge is 2.44. The molecular formula is C14H13BrFNO2. The van der Waals surface area contributed by atoms with E-state index in [2.05, 4.69) is 22.0 Å². The molecule has 0 amide bonds. The number of alkyl halides is 1. The maximum absolute atomic E-state index is 13.3. The summed E-state index contributed by atoms with van der Waals surface area (Å²) in [5.74, 6) is -0.408. The van der Waals surface area contributed by atoms with E-state index in [9.17, 15) is 14.6 Å². The molecule has 0 aromatic heterocycles. The van der Waals surface area contributed by atoms with Crippen LogP contribution in [0, 0.1) is 17.1 Å². The van der Waals surface area contributed by atoms with E-state index in [0.717, 1.165) is 0 Å². The van der Waals surface area contributed by atoms with Gasteiger partial charge in [-0.25, -0.2) is 4.39 Å². The predicted molar refractivity (Wildman–Crippen MR) is 72.9 cm³/mol. The Labute approximate surface area is 119 Å². The van der Waals surface area contributed by atoms with Crippen LogP contribution in [0.15, 0.2) is 30.3 Å². The molecule has 0 aliphatic heterocycles. The molecule has 0 fully saturated rings. The lowest BCUT2D eigenvalue weighted by molar-refractivity contribution is 0.0219. The molecule has 5 heteroatoms. The van der Waals surface area contributed by atoms with Crippen LogP contribution in [0.4, 0.5) is 4.39 Å². The van der Waals surface area contributed by atoms with Crippen LogP contribution in [-0.2, 0) is 0 Å². The first-order valence-electron chi connectivity index (χ1n) is 5.82. The highest BCUT2D eigenvalue weighted by atomic mass is 79.9. The van der Waals surface area contributed by atoms with E-state index in [4.69, 9.17) is 5.26 Å². The second kappa shape index (κ2) is 5.04. The normalized spacial score (nSPS) is 30.6. The van der Waals surface area contributed by atoms with Gasteiger partial charge in [-0.1, -0.05) is 34.1 Å². The summed E-state index contributed by atoms with van der Waals surface area (Å²) >= 11 is 3.27. The van der Waals surface area contributed by atoms with Gasteiger partial charge in [0.15, 0.2) is 0 Å². The maximum atomic E-state index is 13.3. The molecule has 0 spiro atoms. The monoisotopic (exact) mass is 325 g/mol. The quantitative estimate of drug-likeness (QED) is 0.820. The van der Waals surface area contributed by atoms with E-state index in [0.29, 0.717) is 17.6 Å². The van der Waals surface area contributed by atoms with Crippen molar-refractivity contribution in [2.75, 3.05) is 6.61 Å². The Morgan fingerprint density at radius 3 is 2.79 bits per heavy atom. The molecule has 0 heterocycles. The van der Waals surface area contributed by atoms with Crippen molar-refractivity contribution in [1.82, 2.24) is 0 Å². The van der Waals surface area contributed by atoms with Crippen LogP contribution in [0.1, 0.15) is 18.4 Å². The third-order valence-electron chi connectivity index (χ3n) is 3.30. The highest BCUT2D eigenvalue weighted by molar-refractivity contribution is 9.10. The first kappa shape index (κ1) is 14.2. The topological polar surface area (TPSA) is 64.2 Å². The van der Waals surface area contributed by atoms with E-state index < -0.39 is 22.3 Å². The van der Waals surface area contributed by atoms with E-state index in [1.165, 1.54) is 12.1 Å². The summed E-state index contributed by atoms with van der Waals surface area (Å²) in [5, 5.41) is 29.1. The van der Waals surface area contributed by atoms with Gasteiger partial charge in [-0.2, -0.15) is 5.26 Å². The molecule has 19 heavy (non-hydrogen) atoms. The van der Waals surface area contributed by atoms with Crippen molar-refractivity contribution >= 4 is 21.5 Å². The van der Waals surface area contributed by atoms with E-state index in [1.807, 2.05) is 0 Å². The lowest BCUT2D eigenvalue weighted by atomic mass is 9.75. The van der Waals surface area contributed by atoms with E-state index >= 15 is 0 Å². The fraction of sp³-hybridized carbons (Fsp3) is 0.357. The largest absolute Gasteiger partial charge is 0.393 e. The molecule has 2 atom stereocenters. The highest BCUT2D eigenvalue weighted by Crippen LogP contribution is 2.44. The molecule has 1 aromatic carbocycles. The van der Waals surface area contributed by atoms with Crippen LogP contribution in [0.3, 0.4) is 0 Å².